The van der Waals surface area contributed by atoms with E-state index in [1.807, 2.05) is 0 Å². The highest BCUT2D eigenvalue weighted by Gasteiger charge is 2.17. The number of rotatable bonds is 3. The summed E-state index contributed by atoms with van der Waals surface area (Å²) in [6, 6.07) is 4.73. The number of hydrogen-bond acceptors (Lipinski definition) is 2. The molecule has 0 fully saturated rings. The lowest BCUT2D eigenvalue weighted by Gasteiger charge is -2.10. The minimum Gasteiger partial charge on any atom is -0.282 e. The molecule has 0 spiro atoms. The molecule has 0 amide bonds. The van der Waals surface area contributed by atoms with E-state index in [9.17, 15) is 17.2 Å². The van der Waals surface area contributed by atoms with Crippen LogP contribution in [0.1, 0.15) is 18.4 Å². The highest BCUT2D eigenvalue weighted by Crippen LogP contribution is 2.23. The fraction of sp³-hybridized carbons (Fsp3) is 0.333. The van der Waals surface area contributed by atoms with Crippen LogP contribution in [0, 0.1) is 0 Å². The number of benzene rings is 1. The summed E-state index contributed by atoms with van der Waals surface area (Å²) in [5.74, 6) is -0.958. The predicted octanol–water partition coefficient (Wildman–Crippen LogP) is 2.30. The SMILES string of the molecule is CC(c1ccc(S(=O)(=O)O)cc1)C(F)F. The van der Waals surface area contributed by atoms with E-state index in [2.05, 4.69) is 0 Å². The van der Waals surface area contributed by atoms with E-state index in [1.54, 1.807) is 0 Å². The van der Waals surface area contributed by atoms with Gasteiger partial charge in [0.25, 0.3) is 10.1 Å². The monoisotopic (exact) mass is 236 g/mol. The lowest BCUT2D eigenvalue weighted by molar-refractivity contribution is 0.121. The Hall–Kier alpha value is -1.01. The standard InChI is InChI=1S/C9H10F2O3S/c1-6(9(10)11)7-2-4-8(5-3-7)15(12,13)14/h2-6,9H,1H3,(H,12,13,14). The van der Waals surface area contributed by atoms with E-state index in [4.69, 9.17) is 4.55 Å². The maximum Gasteiger partial charge on any atom is 0.294 e. The summed E-state index contributed by atoms with van der Waals surface area (Å²) < 4.78 is 54.5. The van der Waals surface area contributed by atoms with Gasteiger partial charge in [-0.3, -0.25) is 4.55 Å². The predicted molar refractivity (Wildman–Crippen MR) is 50.7 cm³/mol. The quantitative estimate of drug-likeness (QED) is 0.819. The van der Waals surface area contributed by atoms with Crippen LogP contribution in [-0.4, -0.2) is 19.4 Å². The summed E-state index contributed by atoms with van der Waals surface area (Å²) in [5.41, 5.74) is 0.331. The lowest BCUT2D eigenvalue weighted by Crippen LogP contribution is -2.05. The summed E-state index contributed by atoms with van der Waals surface area (Å²) in [6.07, 6.45) is -2.50. The van der Waals surface area contributed by atoms with Gasteiger partial charge in [0.15, 0.2) is 0 Å². The van der Waals surface area contributed by atoms with Crippen molar-refractivity contribution in [3.8, 4) is 0 Å². The van der Waals surface area contributed by atoms with E-state index in [-0.39, 0.29) is 4.90 Å². The fourth-order valence-corrected chi connectivity index (χ4v) is 1.57. The second kappa shape index (κ2) is 4.24. The van der Waals surface area contributed by atoms with Gasteiger partial charge in [-0.2, -0.15) is 8.42 Å². The molecule has 0 saturated carbocycles. The van der Waals surface area contributed by atoms with E-state index in [0.29, 0.717) is 5.56 Å². The molecule has 1 aromatic rings. The largest absolute Gasteiger partial charge is 0.294 e. The van der Waals surface area contributed by atoms with E-state index in [0.717, 1.165) is 12.1 Å². The van der Waals surface area contributed by atoms with Gasteiger partial charge < -0.3 is 0 Å². The number of hydrogen-bond donors (Lipinski definition) is 1. The van der Waals surface area contributed by atoms with Crippen LogP contribution in [0.3, 0.4) is 0 Å². The van der Waals surface area contributed by atoms with Gasteiger partial charge in [-0.25, -0.2) is 8.78 Å². The molecular weight excluding hydrogens is 226 g/mol. The van der Waals surface area contributed by atoms with E-state index >= 15 is 0 Å². The van der Waals surface area contributed by atoms with Gasteiger partial charge >= 0.3 is 0 Å². The first-order chi connectivity index (χ1) is 6.82. The Morgan fingerprint density at radius 3 is 2.00 bits per heavy atom. The molecule has 0 aliphatic carbocycles. The van der Waals surface area contributed by atoms with Gasteiger partial charge in [-0.1, -0.05) is 19.1 Å². The Morgan fingerprint density at radius 1 is 1.20 bits per heavy atom. The van der Waals surface area contributed by atoms with Crippen molar-refractivity contribution < 1.29 is 21.8 Å². The van der Waals surface area contributed by atoms with Crippen molar-refractivity contribution in [1.82, 2.24) is 0 Å². The molecule has 84 valence electrons. The fourth-order valence-electron chi connectivity index (χ4n) is 1.09. The summed E-state index contributed by atoms with van der Waals surface area (Å²) >= 11 is 0. The van der Waals surface area contributed by atoms with E-state index in [1.165, 1.54) is 19.1 Å². The average Bonchev–Trinajstić information content (AvgIpc) is 2.15. The molecule has 1 rings (SSSR count). The van der Waals surface area contributed by atoms with E-state index < -0.39 is 22.5 Å². The molecule has 1 atom stereocenters. The molecule has 0 bridgehead atoms. The van der Waals surface area contributed by atoms with Crippen LogP contribution in [0.15, 0.2) is 29.2 Å². The summed E-state index contributed by atoms with van der Waals surface area (Å²) in [6.45, 7) is 1.34. The first kappa shape index (κ1) is 12.1. The van der Waals surface area contributed by atoms with Crippen LogP contribution in [0.4, 0.5) is 8.78 Å². The zero-order chi connectivity index (χ0) is 11.6. The molecule has 6 heteroatoms. The molecular formula is C9H10F2O3S. The summed E-state index contributed by atoms with van der Waals surface area (Å²) in [7, 11) is -4.25. The highest BCUT2D eigenvalue weighted by molar-refractivity contribution is 7.85. The molecule has 1 N–H and O–H groups in total. The molecule has 1 unspecified atom stereocenters. The maximum atomic E-state index is 12.3. The van der Waals surface area contributed by atoms with Crippen LogP contribution >= 0.6 is 0 Å². The first-order valence-corrected chi connectivity index (χ1v) is 5.62. The van der Waals surface area contributed by atoms with Crippen molar-refractivity contribution in [1.29, 1.82) is 0 Å². The third kappa shape index (κ3) is 2.97. The third-order valence-corrected chi connectivity index (χ3v) is 2.95. The Bertz CT molecular complexity index is 425. The van der Waals surface area contributed by atoms with Crippen LogP contribution in [0.25, 0.3) is 0 Å². The summed E-state index contributed by atoms with van der Waals surface area (Å²) in [5, 5.41) is 0. The molecule has 15 heavy (non-hydrogen) atoms. The third-order valence-electron chi connectivity index (χ3n) is 2.08. The second-order valence-corrected chi connectivity index (χ2v) is 4.59. The number of halogens is 2. The number of alkyl halides is 2. The molecule has 0 aliphatic rings. The van der Waals surface area contributed by atoms with Gasteiger partial charge in [0.1, 0.15) is 0 Å². The molecule has 0 radical (unpaired) electrons. The lowest BCUT2D eigenvalue weighted by atomic mass is 10.0. The van der Waals surface area contributed by atoms with Crippen molar-refractivity contribution >= 4 is 10.1 Å². The Labute approximate surface area is 86.5 Å². The maximum absolute atomic E-state index is 12.3. The van der Waals surface area contributed by atoms with Gasteiger partial charge in [0.05, 0.1) is 4.90 Å². The molecule has 0 saturated heterocycles. The molecule has 0 aliphatic heterocycles. The topological polar surface area (TPSA) is 54.4 Å². The molecule has 1 aromatic carbocycles. The first-order valence-electron chi connectivity index (χ1n) is 4.18. The summed E-state index contributed by atoms with van der Waals surface area (Å²) in [4.78, 5) is -0.298. The van der Waals surface area contributed by atoms with Crippen LogP contribution in [0.2, 0.25) is 0 Å². The normalized spacial score (nSPS) is 14.2. The van der Waals surface area contributed by atoms with Crippen molar-refractivity contribution in [3.05, 3.63) is 29.8 Å². The molecule has 3 nitrogen and oxygen atoms in total. The van der Waals surface area contributed by atoms with Crippen molar-refractivity contribution in [3.63, 3.8) is 0 Å². The van der Waals surface area contributed by atoms with Gasteiger partial charge in [-0.05, 0) is 17.7 Å². The van der Waals surface area contributed by atoms with Crippen LogP contribution in [0.5, 0.6) is 0 Å². The van der Waals surface area contributed by atoms with Gasteiger partial charge in [0.2, 0.25) is 6.43 Å². The van der Waals surface area contributed by atoms with Crippen LogP contribution < -0.4 is 0 Å². The minimum absolute atomic E-state index is 0.298. The molecule has 0 heterocycles. The van der Waals surface area contributed by atoms with Crippen molar-refractivity contribution in [2.45, 2.75) is 24.2 Å². The van der Waals surface area contributed by atoms with Crippen molar-refractivity contribution in [2.24, 2.45) is 0 Å². The zero-order valence-corrected chi connectivity index (χ0v) is 8.71. The van der Waals surface area contributed by atoms with Gasteiger partial charge in [-0.15, -0.1) is 0 Å². The van der Waals surface area contributed by atoms with Crippen molar-refractivity contribution in [2.75, 3.05) is 0 Å². The smallest absolute Gasteiger partial charge is 0.282 e. The highest BCUT2D eigenvalue weighted by atomic mass is 32.2. The Kier molecular flexibility index (Phi) is 3.41. The van der Waals surface area contributed by atoms with Gasteiger partial charge in [0, 0.05) is 5.92 Å². The second-order valence-electron chi connectivity index (χ2n) is 3.17. The Morgan fingerprint density at radius 2 is 1.67 bits per heavy atom. The molecule has 0 aromatic heterocycles. The Balaban J connectivity index is 3.01. The minimum atomic E-state index is -4.25. The van der Waals surface area contributed by atoms with Crippen LogP contribution in [-0.2, 0) is 10.1 Å². The zero-order valence-electron chi connectivity index (χ0n) is 7.89. The average molecular weight is 236 g/mol.